The van der Waals surface area contributed by atoms with E-state index in [1.165, 1.54) is 6.92 Å². The van der Waals surface area contributed by atoms with Crippen LogP contribution in [0.15, 0.2) is 29.2 Å². The number of aryl methyl sites for hydroxylation is 1. The molecule has 0 radical (unpaired) electrons. The summed E-state index contributed by atoms with van der Waals surface area (Å²) in [5.74, 6) is -1.65. The fourth-order valence-corrected chi connectivity index (χ4v) is 7.13. The van der Waals surface area contributed by atoms with Gasteiger partial charge in [0.2, 0.25) is 5.95 Å². The number of ketones is 1. The number of hydrogen-bond acceptors (Lipinski definition) is 8. The normalized spacial score (nSPS) is 22.6. The number of hydrogen-bond donors (Lipinski definition) is 1. The van der Waals surface area contributed by atoms with Gasteiger partial charge < -0.3 is 15.0 Å². The van der Waals surface area contributed by atoms with E-state index in [2.05, 4.69) is 20.1 Å². The molecule has 2 aromatic heterocycles. The maximum absolute atomic E-state index is 13.5. The number of alkyl halides is 2. The molecule has 11 heteroatoms. The maximum atomic E-state index is 13.5. The Balaban J connectivity index is 1.14. The van der Waals surface area contributed by atoms with E-state index in [9.17, 15) is 18.4 Å². The van der Waals surface area contributed by atoms with Gasteiger partial charge >= 0.3 is 0 Å². The molecule has 0 bridgehead atoms. The summed E-state index contributed by atoms with van der Waals surface area (Å²) in [6.07, 6.45) is 5.45. The number of pyridine rings is 1. The van der Waals surface area contributed by atoms with Gasteiger partial charge in [0, 0.05) is 67.9 Å². The van der Waals surface area contributed by atoms with Gasteiger partial charge in [-0.1, -0.05) is 12.8 Å². The highest BCUT2D eigenvalue weighted by Crippen LogP contribution is 2.43. The minimum atomic E-state index is -2.51. The van der Waals surface area contributed by atoms with Gasteiger partial charge in [0.15, 0.2) is 5.78 Å². The number of anilines is 3. The van der Waals surface area contributed by atoms with Crippen LogP contribution < -0.4 is 20.5 Å². The Hall–Kier alpha value is -3.60. The smallest absolute Gasteiger partial charge is 0.263 e. The zero-order chi connectivity index (χ0) is 28.5. The fourth-order valence-electron chi connectivity index (χ4n) is 7.13. The second kappa shape index (κ2) is 9.75. The first kappa shape index (κ1) is 26.3. The van der Waals surface area contributed by atoms with E-state index in [1.54, 1.807) is 17.7 Å². The molecule has 4 aliphatic rings. The molecule has 9 nitrogen and oxygen atoms in total. The third-order valence-corrected chi connectivity index (χ3v) is 9.31. The highest BCUT2D eigenvalue weighted by atomic mass is 19.3. The summed E-state index contributed by atoms with van der Waals surface area (Å²) >= 11 is 0. The van der Waals surface area contributed by atoms with Gasteiger partial charge in [0.05, 0.1) is 17.3 Å². The Morgan fingerprint density at radius 1 is 1.12 bits per heavy atom. The van der Waals surface area contributed by atoms with Gasteiger partial charge in [-0.3, -0.25) is 19.1 Å². The Morgan fingerprint density at radius 3 is 2.63 bits per heavy atom. The molecular formula is C30H34F2N6O3. The van der Waals surface area contributed by atoms with E-state index < -0.39 is 5.92 Å². The summed E-state index contributed by atoms with van der Waals surface area (Å²) in [5, 5.41) is 3.98. The number of piperazine rings is 1. The second-order valence-corrected chi connectivity index (χ2v) is 12.0. The van der Waals surface area contributed by atoms with Crippen LogP contribution in [0.25, 0.3) is 11.0 Å². The topological polar surface area (TPSA) is 92.6 Å². The summed E-state index contributed by atoms with van der Waals surface area (Å²) in [6.45, 7) is 5.96. The molecule has 1 atom stereocenters. The van der Waals surface area contributed by atoms with Gasteiger partial charge in [-0.2, -0.15) is 4.98 Å². The number of fused-ring (bicyclic) bond motifs is 4. The van der Waals surface area contributed by atoms with Crippen molar-refractivity contribution in [2.45, 2.75) is 76.4 Å². The molecule has 7 rings (SSSR count). The zero-order valence-electron chi connectivity index (χ0n) is 23.3. The summed E-state index contributed by atoms with van der Waals surface area (Å²) < 4.78 is 34.7. The summed E-state index contributed by atoms with van der Waals surface area (Å²) in [7, 11) is 0. The molecule has 0 unspecified atom stereocenters. The van der Waals surface area contributed by atoms with Crippen LogP contribution in [0.5, 0.6) is 5.75 Å². The molecule has 2 aliphatic carbocycles. The highest BCUT2D eigenvalue weighted by molar-refractivity contribution is 5.99. The van der Waals surface area contributed by atoms with Gasteiger partial charge in [-0.25, -0.2) is 13.8 Å². The molecule has 2 aliphatic heterocycles. The number of ether oxygens (including phenoxy) is 1. The molecule has 4 heterocycles. The number of benzene rings is 1. The van der Waals surface area contributed by atoms with Crippen molar-refractivity contribution in [3.63, 3.8) is 0 Å². The van der Waals surface area contributed by atoms with Crippen molar-refractivity contribution in [1.82, 2.24) is 19.4 Å². The Kier molecular flexibility index (Phi) is 6.26. The van der Waals surface area contributed by atoms with Crippen LogP contribution in [0.2, 0.25) is 0 Å². The monoisotopic (exact) mass is 564 g/mol. The van der Waals surface area contributed by atoms with Crippen LogP contribution in [-0.4, -0.2) is 69.5 Å². The van der Waals surface area contributed by atoms with Crippen LogP contribution >= 0.6 is 0 Å². The van der Waals surface area contributed by atoms with Crippen LogP contribution in [0.3, 0.4) is 0 Å². The largest absolute Gasteiger partial charge is 0.489 e. The van der Waals surface area contributed by atoms with Crippen molar-refractivity contribution >= 4 is 34.1 Å². The van der Waals surface area contributed by atoms with Crippen molar-refractivity contribution < 1.29 is 18.3 Å². The predicted octanol–water partition coefficient (Wildman–Crippen LogP) is 4.84. The summed E-state index contributed by atoms with van der Waals surface area (Å²) in [4.78, 5) is 39.7. The number of carbonyl (C=O) groups excluding carboxylic acids is 1. The van der Waals surface area contributed by atoms with Gasteiger partial charge in [-0.15, -0.1) is 0 Å². The lowest BCUT2D eigenvalue weighted by atomic mass is 9.86. The average molecular weight is 565 g/mol. The van der Waals surface area contributed by atoms with E-state index in [1.807, 2.05) is 18.2 Å². The SMILES string of the molecule is CC(=O)c1c(C)c2cnc(Nc3ccc4c(c3)OC[C@@H]3CN(C5CC(F)(F)C5)CCN43)nc2n(C2CCCC2)c1=O. The first-order valence-corrected chi connectivity index (χ1v) is 14.5. The second-order valence-electron chi connectivity index (χ2n) is 12.0. The molecule has 3 aromatic rings. The Morgan fingerprint density at radius 2 is 1.90 bits per heavy atom. The highest BCUT2D eigenvalue weighted by Gasteiger charge is 2.49. The van der Waals surface area contributed by atoms with E-state index in [-0.39, 0.29) is 47.9 Å². The van der Waals surface area contributed by atoms with E-state index in [4.69, 9.17) is 9.72 Å². The number of halogens is 2. The van der Waals surface area contributed by atoms with Gasteiger partial charge in [0.1, 0.15) is 18.0 Å². The average Bonchev–Trinajstić information content (AvgIpc) is 3.45. The predicted molar refractivity (Wildman–Crippen MR) is 152 cm³/mol. The molecule has 0 spiro atoms. The molecule has 1 saturated heterocycles. The van der Waals surface area contributed by atoms with Crippen LogP contribution in [0, 0.1) is 6.92 Å². The third kappa shape index (κ3) is 4.54. The minimum Gasteiger partial charge on any atom is -0.489 e. The van der Waals surface area contributed by atoms with Gasteiger partial charge in [-0.05, 0) is 44.4 Å². The molecule has 1 aromatic carbocycles. The van der Waals surface area contributed by atoms with E-state index in [0.717, 1.165) is 62.4 Å². The number of nitrogens with zero attached hydrogens (tertiary/aromatic N) is 5. The number of nitrogens with one attached hydrogen (secondary N) is 1. The van der Waals surface area contributed by atoms with Crippen molar-refractivity contribution in [1.29, 1.82) is 0 Å². The number of carbonyl (C=O) groups is 1. The lowest BCUT2D eigenvalue weighted by Crippen LogP contribution is -2.62. The first-order chi connectivity index (χ1) is 19.7. The molecular weight excluding hydrogens is 530 g/mol. The van der Waals surface area contributed by atoms with Gasteiger partial charge in [0.25, 0.3) is 11.5 Å². The van der Waals surface area contributed by atoms with Crippen LogP contribution in [0.4, 0.5) is 26.1 Å². The molecule has 0 amide bonds. The van der Waals surface area contributed by atoms with E-state index in [0.29, 0.717) is 29.2 Å². The fraction of sp³-hybridized carbons (Fsp3) is 0.533. The lowest BCUT2D eigenvalue weighted by Gasteiger charge is -2.51. The van der Waals surface area contributed by atoms with Crippen LogP contribution in [0.1, 0.15) is 67.4 Å². The minimum absolute atomic E-state index is 0.0118. The molecule has 2 saturated carbocycles. The molecule has 3 fully saturated rings. The summed E-state index contributed by atoms with van der Waals surface area (Å²) in [6, 6.07) is 5.99. The maximum Gasteiger partial charge on any atom is 0.263 e. The van der Waals surface area contributed by atoms with Crippen molar-refractivity contribution in [3.8, 4) is 5.75 Å². The van der Waals surface area contributed by atoms with Crippen molar-refractivity contribution in [3.05, 3.63) is 45.9 Å². The van der Waals surface area contributed by atoms with Crippen molar-refractivity contribution in [2.75, 3.05) is 36.5 Å². The quantitative estimate of drug-likeness (QED) is 0.440. The lowest BCUT2D eigenvalue weighted by molar-refractivity contribution is -0.127. The third-order valence-electron chi connectivity index (χ3n) is 9.31. The number of aromatic nitrogens is 3. The van der Waals surface area contributed by atoms with Crippen LogP contribution in [-0.2, 0) is 0 Å². The standard InChI is InChI=1S/C30H34F2N6O3/c1-17-23-14-33-29(35-27(23)38(20-5-3-4-6-20)28(40)26(17)18(2)39)34-19-7-8-24-25(11-19)41-16-22-15-36(9-10-37(22)24)21-12-30(31,32)13-21/h7-8,11,14,20-22H,3-6,9-10,12-13,15-16H2,1-2H3,(H,33,34,35)/t22-/m0/s1. The Labute approximate surface area is 236 Å². The summed E-state index contributed by atoms with van der Waals surface area (Å²) in [5.41, 5.74) is 2.84. The van der Waals surface area contributed by atoms with E-state index >= 15 is 0 Å². The molecule has 216 valence electrons. The van der Waals surface area contributed by atoms with Crippen molar-refractivity contribution in [2.24, 2.45) is 0 Å². The molecule has 41 heavy (non-hydrogen) atoms. The Bertz CT molecular complexity index is 1590. The first-order valence-electron chi connectivity index (χ1n) is 14.5. The number of rotatable bonds is 5. The molecule has 1 N–H and O–H groups in total. The zero-order valence-corrected chi connectivity index (χ0v) is 23.3. The number of Topliss-reactive ketones (excluding diaryl/α,β-unsaturated/α-hetero) is 1.